The maximum atomic E-state index is 12.7. The van der Waals surface area contributed by atoms with Gasteiger partial charge in [-0.05, 0) is 18.2 Å². The first-order valence-corrected chi connectivity index (χ1v) is 8.04. The lowest BCUT2D eigenvalue weighted by molar-refractivity contribution is 0.373. The number of phenolic OH excluding ortho intramolecular Hbond substituents is 3. The van der Waals surface area contributed by atoms with Gasteiger partial charge in [-0.2, -0.15) is 4.21 Å². The Bertz CT molecular complexity index is 1090. The van der Waals surface area contributed by atoms with Crippen LogP contribution in [0.5, 0.6) is 28.7 Å². The molecule has 3 aromatic rings. The third-order valence-electron chi connectivity index (χ3n) is 3.51. The van der Waals surface area contributed by atoms with Crippen LogP contribution in [-0.2, 0) is 11.4 Å². The van der Waals surface area contributed by atoms with E-state index in [1.54, 1.807) is 0 Å². The summed E-state index contributed by atoms with van der Waals surface area (Å²) in [6.07, 6.45) is 0. The molecule has 9 nitrogen and oxygen atoms in total. The van der Waals surface area contributed by atoms with Gasteiger partial charge in [-0.25, -0.2) is 0 Å². The summed E-state index contributed by atoms with van der Waals surface area (Å²) in [6.45, 7) is 0. The quantitative estimate of drug-likeness (QED) is 0.500. The van der Waals surface area contributed by atoms with Crippen LogP contribution in [0.4, 0.5) is 0 Å². The third-order valence-corrected chi connectivity index (χ3v) is 3.82. The van der Waals surface area contributed by atoms with Crippen LogP contribution in [0.1, 0.15) is 0 Å². The van der Waals surface area contributed by atoms with Gasteiger partial charge in [-0.3, -0.25) is 9.35 Å². The summed E-state index contributed by atoms with van der Waals surface area (Å²) < 4.78 is 35.3. The van der Waals surface area contributed by atoms with Crippen molar-refractivity contribution in [2.75, 3.05) is 7.11 Å². The Labute approximate surface area is 148 Å². The smallest absolute Gasteiger partial charge is 0.357 e. The van der Waals surface area contributed by atoms with Crippen LogP contribution in [0.15, 0.2) is 39.5 Å². The molecule has 1 aromatic heterocycles. The van der Waals surface area contributed by atoms with E-state index >= 15 is 0 Å². The van der Waals surface area contributed by atoms with Crippen molar-refractivity contribution in [1.82, 2.24) is 0 Å². The standard InChI is InChI=1S/C16H12O9S/c1-23-11-4-7(2-3-9(11)18)15-16(25-26(21)22)14(20)13-10(19)5-8(17)6-12(13)24-15/h2-6,17-19H,1H3,(H,21,22). The molecule has 0 aliphatic rings. The summed E-state index contributed by atoms with van der Waals surface area (Å²) in [6, 6.07) is 5.95. The Morgan fingerprint density at radius 2 is 1.81 bits per heavy atom. The van der Waals surface area contributed by atoms with E-state index in [0.717, 1.165) is 12.1 Å². The molecule has 4 N–H and O–H groups in total. The fourth-order valence-corrected chi connectivity index (χ4v) is 2.72. The lowest BCUT2D eigenvalue weighted by Crippen LogP contribution is -2.11. The zero-order valence-electron chi connectivity index (χ0n) is 13.1. The van der Waals surface area contributed by atoms with Crippen LogP contribution >= 0.6 is 0 Å². The number of ether oxygens (including phenoxy) is 1. The van der Waals surface area contributed by atoms with Crippen molar-refractivity contribution in [1.29, 1.82) is 0 Å². The van der Waals surface area contributed by atoms with Crippen molar-refractivity contribution in [3.8, 4) is 40.1 Å². The zero-order valence-corrected chi connectivity index (χ0v) is 13.9. The molecule has 0 radical (unpaired) electrons. The van der Waals surface area contributed by atoms with E-state index in [9.17, 15) is 24.3 Å². The molecule has 0 saturated heterocycles. The van der Waals surface area contributed by atoms with E-state index in [2.05, 4.69) is 4.18 Å². The van der Waals surface area contributed by atoms with Crippen LogP contribution in [0, 0.1) is 0 Å². The topological polar surface area (TPSA) is 147 Å². The first-order valence-electron chi connectivity index (χ1n) is 7.01. The van der Waals surface area contributed by atoms with Crippen molar-refractivity contribution < 1.29 is 37.4 Å². The van der Waals surface area contributed by atoms with Crippen molar-refractivity contribution in [3.63, 3.8) is 0 Å². The zero-order chi connectivity index (χ0) is 19.0. The number of benzene rings is 2. The SMILES string of the molecule is COc1cc(-c2oc3cc(O)cc(O)c3c(=O)c2OS(=O)O)ccc1O. The second kappa shape index (κ2) is 6.58. The van der Waals surface area contributed by atoms with Crippen molar-refractivity contribution in [3.05, 3.63) is 40.6 Å². The van der Waals surface area contributed by atoms with Gasteiger partial charge in [0, 0.05) is 17.7 Å². The summed E-state index contributed by atoms with van der Waals surface area (Å²) in [5.74, 6) is -1.95. The fraction of sp³-hybridized carbons (Fsp3) is 0.0625. The Balaban J connectivity index is 2.39. The lowest BCUT2D eigenvalue weighted by Gasteiger charge is -2.11. The van der Waals surface area contributed by atoms with Crippen LogP contribution < -0.4 is 14.3 Å². The van der Waals surface area contributed by atoms with Gasteiger partial charge in [-0.1, -0.05) is 0 Å². The normalized spacial score (nSPS) is 12.1. The Hall–Kier alpha value is -3.24. The lowest BCUT2D eigenvalue weighted by atomic mass is 10.1. The highest BCUT2D eigenvalue weighted by atomic mass is 32.2. The van der Waals surface area contributed by atoms with Gasteiger partial charge < -0.3 is 28.7 Å². The molecule has 1 unspecified atom stereocenters. The van der Waals surface area contributed by atoms with Gasteiger partial charge in [0.1, 0.15) is 22.5 Å². The van der Waals surface area contributed by atoms with E-state index in [1.807, 2.05) is 0 Å². The highest BCUT2D eigenvalue weighted by Gasteiger charge is 2.23. The summed E-state index contributed by atoms with van der Waals surface area (Å²) in [5.41, 5.74) is -0.916. The second-order valence-electron chi connectivity index (χ2n) is 5.11. The minimum Gasteiger partial charge on any atom is -0.508 e. The molecule has 26 heavy (non-hydrogen) atoms. The molecule has 0 aliphatic heterocycles. The van der Waals surface area contributed by atoms with Gasteiger partial charge in [0.15, 0.2) is 17.3 Å². The molecule has 0 amide bonds. The molecule has 3 rings (SSSR count). The van der Waals surface area contributed by atoms with Gasteiger partial charge in [0.25, 0.3) is 0 Å². The van der Waals surface area contributed by atoms with Crippen LogP contribution in [0.3, 0.4) is 0 Å². The summed E-state index contributed by atoms with van der Waals surface area (Å²) in [5, 5.41) is 28.9. The Kier molecular flexibility index (Phi) is 4.45. The fourth-order valence-electron chi connectivity index (χ4n) is 2.42. The number of methoxy groups -OCH3 is 1. The number of aromatic hydroxyl groups is 3. The molecule has 0 aliphatic carbocycles. The van der Waals surface area contributed by atoms with E-state index in [-0.39, 0.29) is 39.5 Å². The molecule has 0 bridgehead atoms. The molecule has 1 heterocycles. The predicted molar refractivity (Wildman–Crippen MR) is 90.9 cm³/mol. The van der Waals surface area contributed by atoms with Crippen molar-refractivity contribution in [2.24, 2.45) is 0 Å². The predicted octanol–water partition coefficient (Wildman–Crippen LogP) is 2.10. The van der Waals surface area contributed by atoms with Gasteiger partial charge >= 0.3 is 11.4 Å². The van der Waals surface area contributed by atoms with Gasteiger partial charge in [0.2, 0.25) is 11.2 Å². The van der Waals surface area contributed by atoms with E-state index in [4.69, 9.17) is 13.7 Å². The van der Waals surface area contributed by atoms with Crippen LogP contribution in [0.2, 0.25) is 0 Å². The summed E-state index contributed by atoms with van der Waals surface area (Å²) in [4.78, 5) is 12.7. The monoisotopic (exact) mass is 380 g/mol. The Morgan fingerprint density at radius 1 is 1.08 bits per heavy atom. The van der Waals surface area contributed by atoms with E-state index < -0.39 is 28.3 Å². The number of fused-ring (bicyclic) bond motifs is 1. The number of hydrogen-bond acceptors (Lipinski definition) is 8. The first kappa shape index (κ1) is 17.6. The minimum absolute atomic E-state index is 0.0556. The van der Waals surface area contributed by atoms with Crippen molar-refractivity contribution >= 4 is 22.3 Å². The molecule has 10 heteroatoms. The summed E-state index contributed by atoms with van der Waals surface area (Å²) >= 11 is -2.85. The molecular formula is C16H12O9S. The van der Waals surface area contributed by atoms with Crippen LogP contribution in [-0.4, -0.2) is 31.2 Å². The highest BCUT2D eigenvalue weighted by Crippen LogP contribution is 2.38. The average Bonchev–Trinajstić information content (AvgIpc) is 2.56. The number of phenols is 3. The molecule has 0 fully saturated rings. The third kappa shape index (κ3) is 3.03. The minimum atomic E-state index is -2.85. The van der Waals surface area contributed by atoms with E-state index in [0.29, 0.717) is 0 Å². The summed E-state index contributed by atoms with van der Waals surface area (Å²) in [7, 11) is 1.31. The van der Waals surface area contributed by atoms with Gasteiger partial charge in [-0.15, -0.1) is 0 Å². The molecular weight excluding hydrogens is 368 g/mol. The molecule has 0 spiro atoms. The molecule has 1 atom stereocenters. The maximum absolute atomic E-state index is 12.7. The largest absolute Gasteiger partial charge is 0.508 e. The molecule has 0 saturated carbocycles. The molecule has 136 valence electrons. The first-order chi connectivity index (χ1) is 12.3. The Morgan fingerprint density at radius 3 is 2.46 bits per heavy atom. The van der Waals surface area contributed by atoms with Gasteiger partial charge in [0.05, 0.1) is 7.11 Å². The maximum Gasteiger partial charge on any atom is 0.357 e. The second-order valence-corrected chi connectivity index (χ2v) is 5.72. The number of rotatable bonds is 4. The molecule has 2 aromatic carbocycles. The van der Waals surface area contributed by atoms with E-state index in [1.165, 1.54) is 25.3 Å². The highest BCUT2D eigenvalue weighted by molar-refractivity contribution is 7.74. The average molecular weight is 380 g/mol. The van der Waals surface area contributed by atoms with Crippen molar-refractivity contribution in [2.45, 2.75) is 0 Å². The van der Waals surface area contributed by atoms with Crippen LogP contribution in [0.25, 0.3) is 22.3 Å². The number of hydrogen-bond donors (Lipinski definition) is 4.